The van der Waals surface area contributed by atoms with Gasteiger partial charge in [-0.05, 0) is 45.1 Å². The number of carbonyl (C=O) groups excluding carboxylic acids is 1. The van der Waals surface area contributed by atoms with E-state index in [-0.39, 0.29) is 16.9 Å². The lowest BCUT2D eigenvalue weighted by atomic mass is 9.86. The summed E-state index contributed by atoms with van der Waals surface area (Å²) >= 11 is 0. The number of hydrogen-bond acceptors (Lipinski definition) is 3. The van der Waals surface area contributed by atoms with E-state index in [1.54, 1.807) is 0 Å². The Balaban J connectivity index is 2.16. The molecule has 0 spiro atoms. The first kappa shape index (κ1) is 23.1. The summed E-state index contributed by atoms with van der Waals surface area (Å²) in [5, 5.41) is 0. The Morgan fingerprint density at radius 1 is 1.03 bits per heavy atom. The zero-order valence-electron chi connectivity index (χ0n) is 20.3. The van der Waals surface area contributed by atoms with Gasteiger partial charge in [-0.2, -0.15) is 0 Å². The molecule has 1 amide bonds. The van der Waals surface area contributed by atoms with E-state index >= 15 is 0 Å². The molecule has 0 atom stereocenters. The average Bonchev–Trinajstić information content (AvgIpc) is 3.14. The number of aryl methyl sites for hydroxylation is 1. The lowest BCUT2D eigenvalue weighted by Gasteiger charge is -2.37. The highest BCUT2D eigenvalue weighted by Crippen LogP contribution is 2.35. The highest BCUT2D eigenvalue weighted by molar-refractivity contribution is 5.96. The van der Waals surface area contributed by atoms with Crippen LogP contribution >= 0.6 is 0 Å². The van der Waals surface area contributed by atoms with Crippen LogP contribution in [0.5, 0.6) is 0 Å². The molecule has 4 heteroatoms. The van der Waals surface area contributed by atoms with Gasteiger partial charge in [0.25, 0.3) is 5.91 Å². The van der Waals surface area contributed by atoms with E-state index < -0.39 is 0 Å². The molecule has 0 aliphatic carbocycles. The number of carbonyl (C=O) groups is 1. The highest BCUT2D eigenvalue weighted by Gasteiger charge is 2.32. The van der Waals surface area contributed by atoms with Crippen molar-refractivity contribution in [3.8, 4) is 11.3 Å². The molecule has 166 valence electrons. The first-order valence-corrected chi connectivity index (χ1v) is 11.3. The number of benzene rings is 1. The number of fused-ring (bicyclic) bond motifs is 1. The maximum absolute atomic E-state index is 13.5. The van der Waals surface area contributed by atoms with Crippen LogP contribution < -0.4 is 0 Å². The molecule has 4 nitrogen and oxygen atoms in total. The molecule has 0 radical (unpaired) electrons. The van der Waals surface area contributed by atoms with E-state index in [4.69, 9.17) is 9.40 Å². The van der Waals surface area contributed by atoms with Crippen molar-refractivity contribution >= 4 is 17.0 Å². The highest BCUT2D eigenvalue weighted by atomic mass is 16.3. The number of rotatable bonds is 6. The summed E-state index contributed by atoms with van der Waals surface area (Å²) in [5.74, 6) is 0.299. The number of aromatic nitrogens is 1. The summed E-state index contributed by atoms with van der Waals surface area (Å²) in [6.07, 6.45) is 1.78. The smallest absolute Gasteiger partial charge is 0.290 e. The molecule has 1 aromatic carbocycles. The minimum absolute atomic E-state index is 0.0663. The molecule has 3 aromatic rings. The van der Waals surface area contributed by atoms with Crippen LogP contribution in [0, 0.1) is 6.92 Å². The van der Waals surface area contributed by atoms with Gasteiger partial charge in [-0.3, -0.25) is 4.79 Å². The van der Waals surface area contributed by atoms with Crippen LogP contribution in [0.1, 0.15) is 83.0 Å². The molecule has 0 aliphatic rings. The van der Waals surface area contributed by atoms with Crippen molar-refractivity contribution in [3.05, 3.63) is 53.3 Å². The third-order valence-electron chi connectivity index (χ3n) is 6.13. The molecule has 2 heterocycles. The molecule has 0 N–H and O–H groups in total. The normalized spacial score (nSPS) is 12.4. The van der Waals surface area contributed by atoms with Crippen LogP contribution in [-0.4, -0.2) is 27.9 Å². The molecule has 0 unspecified atom stereocenters. The second kappa shape index (κ2) is 8.49. The number of hydrogen-bond donors (Lipinski definition) is 0. The van der Waals surface area contributed by atoms with E-state index in [1.165, 1.54) is 5.56 Å². The fraction of sp³-hybridized carbons (Fsp3) is 0.481. The van der Waals surface area contributed by atoms with Crippen LogP contribution in [0.4, 0.5) is 0 Å². The van der Waals surface area contributed by atoms with Crippen molar-refractivity contribution < 1.29 is 9.21 Å². The van der Waals surface area contributed by atoms with Gasteiger partial charge in [-0.15, -0.1) is 0 Å². The number of pyridine rings is 1. The SMILES string of the molecule is CCCN(C(=O)c1cc2nc(-c3ccc(C)cc3)cc(C(C)(C)C)c2o1)C(C)(C)CC. The first-order valence-electron chi connectivity index (χ1n) is 11.3. The fourth-order valence-electron chi connectivity index (χ4n) is 3.78. The van der Waals surface area contributed by atoms with E-state index in [9.17, 15) is 4.79 Å². The Kier molecular flexibility index (Phi) is 6.31. The van der Waals surface area contributed by atoms with E-state index in [0.717, 1.165) is 35.2 Å². The van der Waals surface area contributed by atoms with Gasteiger partial charge < -0.3 is 9.32 Å². The van der Waals surface area contributed by atoms with E-state index in [2.05, 4.69) is 85.7 Å². The predicted octanol–water partition coefficient (Wildman–Crippen LogP) is 7.14. The zero-order chi connectivity index (χ0) is 23.0. The summed E-state index contributed by atoms with van der Waals surface area (Å²) < 4.78 is 6.21. The van der Waals surface area contributed by atoms with Gasteiger partial charge in [0.2, 0.25) is 0 Å². The first-order chi connectivity index (χ1) is 14.5. The maximum Gasteiger partial charge on any atom is 0.290 e. The second-order valence-corrected chi connectivity index (χ2v) is 10.1. The maximum atomic E-state index is 13.5. The summed E-state index contributed by atoms with van der Waals surface area (Å²) in [7, 11) is 0. The van der Waals surface area contributed by atoms with Crippen molar-refractivity contribution in [2.45, 2.75) is 79.2 Å². The quantitative estimate of drug-likeness (QED) is 0.426. The van der Waals surface area contributed by atoms with Crippen LogP contribution in [0.2, 0.25) is 0 Å². The summed E-state index contributed by atoms with van der Waals surface area (Å²) in [6, 6.07) is 12.3. The molecule has 2 aromatic heterocycles. The number of nitrogens with zero attached hydrogens (tertiary/aromatic N) is 2. The Morgan fingerprint density at radius 2 is 1.68 bits per heavy atom. The van der Waals surface area contributed by atoms with Crippen LogP contribution in [0.25, 0.3) is 22.4 Å². The Morgan fingerprint density at radius 3 is 2.23 bits per heavy atom. The molecule has 0 fully saturated rings. The van der Waals surface area contributed by atoms with Gasteiger partial charge in [0.15, 0.2) is 11.3 Å². The molecule has 0 saturated carbocycles. The Bertz CT molecular complexity index is 1070. The third-order valence-corrected chi connectivity index (χ3v) is 6.13. The van der Waals surface area contributed by atoms with Gasteiger partial charge >= 0.3 is 0 Å². The second-order valence-electron chi connectivity index (χ2n) is 10.1. The monoisotopic (exact) mass is 420 g/mol. The van der Waals surface area contributed by atoms with Crippen LogP contribution in [-0.2, 0) is 5.41 Å². The Labute approximate surface area is 186 Å². The third kappa shape index (κ3) is 4.68. The molecule has 0 bridgehead atoms. The van der Waals surface area contributed by atoms with Crippen molar-refractivity contribution in [1.29, 1.82) is 0 Å². The van der Waals surface area contributed by atoms with Crippen molar-refractivity contribution in [1.82, 2.24) is 9.88 Å². The number of furan rings is 1. The summed E-state index contributed by atoms with van der Waals surface area (Å²) in [4.78, 5) is 20.3. The van der Waals surface area contributed by atoms with Gasteiger partial charge in [-0.25, -0.2) is 4.98 Å². The largest absolute Gasteiger partial charge is 0.449 e. The molecule has 0 aliphatic heterocycles. The van der Waals surface area contributed by atoms with Crippen molar-refractivity contribution in [2.24, 2.45) is 0 Å². The molecular formula is C27H36N2O2. The standard InChI is InChI=1S/C27H36N2O2/c1-9-15-29(27(7,8)10-2)25(30)23-17-22-24(31-23)20(26(4,5)6)16-21(28-22)19-13-11-18(3)12-14-19/h11-14,16-17H,9-10,15H2,1-8H3. The van der Waals surface area contributed by atoms with Gasteiger partial charge in [0, 0.05) is 29.3 Å². The Hall–Kier alpha value is -2.62. The predicted molar refractivity (Wildman–Crippen MR) is 129 cm³/mol. The molecular weight excluding hydrogens is 384 g/mol. The van der Waals surface area contributed by atoms with E-state index in [0.29, 0.717) is 17.9 Å². The van der Waals surface area contributed by atoms with Crippen LogP contribution in [0.15, 0.2) is 40.8 Å². The summed E-state index contributed by atoms with van der Waals surface area (Å²) in [5.41, 5.74) is 5.29. The molecule has 31 heavy (non-hydrogen) atoms. The van der Waals surface area contributed by atoms with Gasteiger partial charge in [-0.1, -0.05) is 64.4 Å². The fourth-order valence-corrected chi connectivity index (χ4v) is 3.78. The van der Waals surface area contributed by atoms with Gasteiger partial charge in [0.05, 0.1) is 5.69 Å². The van der Waals surface area contributed by atoms with Crippen LogP contribution in [0.3, 0.4) is 0 Å². The van der Waals surface area contributed by atoms with Crippen molar-refractivity contribution in [2.75, 3.05) is 6.54 Å². The number of amides is 1. The average molecular weight is 421 g/mol. The lowest BCUT2D eigenvalue weighted by Crippen LogP contribution is -2.47. The van der Waals surface area contributed by atoms with Gasteiger partial charge in [0.1, 0.15) is 5.52 Å². The minimum Gasteiger partial charge on any atom is -0.449 e. The molecule has 0 saturated heterocycles. The topological polar surface area (TPSA) is 46.3 Å². The molecule has 3 rings (SSSR count). The minimum atomic E-state index is -0.237. The van der Waals surface area contributed by atoms with Crippen molar-refractivity contribution in [3.63, 3.8) is 0 Å². The summed E-state index contributed by atoms with van der Waals surface area (Å²) in [6.45, 7) is 17.7. The van der Waals surface area contributed by atoms with E-state index in [1.807, 2.05) is 11.0 Å². The zero-order valence-corrected chi connectivity index (χ0v) is 20.3. The lowest BCUT2D eigenvalue weighted by molar-refractivity contribution is 0.0509.